The van der Waals surface area contributed by atoms with Crippen molar-refractivity contribution in [3.63, 3.8) is 0 Å². The molecule has 0 saturated heterocycles. The van der Waals surface area contributed by atoms with E-state index in [1.807, 2.05) is 0 Å². The standard InChI is InChI=1S/C16H30/c1-7-10-16(6)14(11-12(4)8-2)15(16)13(5)9-3/h11-13,15H,7-10H2,1-6H3. The molecule has 1 aliphatic rings. The lowest BCUT2D eigenvalue weighted by Gasteiger charge is -2.12. The van der Waals surface area contributed by atoms with E-state index in [2.05, 4.69) is 47.6 Å². The molecule has 0 aromatic heterocycles. The largest absolute Gasteiger partial charge is 0.0816 e. The summed E-state index contributed by atoms with van der Waals surface area (Å²) in [6.45, 7) is 14.2. The second-order valence-corrected chi connectivity index (χ2v) is 6.04. The highest BCUT2D eigenvalue weighted by Crippen LogP contribution is 2.65. The van der Waals surface area contributed by atoms with E-state index < -0.39 is 0 Å². The molecule has 4 atom stereocenters. The van der Waals surface area contributed by atoms with Crippen molar-refractivity contribution in [1.82, 2.24) is 0 Å². The van der Waals surface area contributed by atoms with E-state index in [1.54, 1.807) is 5.57 Å². The highest BCUT2D eigenvalue weighted by atomic mass is 14.6. The van der Waals surface area contributed by atoms with Crippen LogP contribution in [0.1, 0.15) is 67.2 Å². The first kappa shape index (κ1) is 13.8. The van der Waals surface area contributed by atoms with Crippen LogP contribution in [0.25, 0.3) is 0 Å². The van der Waals surface area contributed by atoms with Crippen molar-refractivity contribution in [3.05, 3.63) is 11.6 Å². The second-order valence-electron chi connectivity index (χ2n) is 6.04. The Morgan fingerprint density at radius 3 is 2.25 bits per heavy atom. The zero-order valence-corrected chi connectivity index (χ0v) is 12.1. The van der Waals surface area contributed by atoms with Gasteiger partial charge >= 0.3 is 0 Å². The first-order valence-electron chi connectivity index (χ1n) is 7.23. The third kappa shape index (κ3) is 2.52. The predicted molar refractivity (Wildman–Crippen MR) is 73.5 cm³/mol. The summed E-state index contributed by atoms with van der Waals surface area (Å²) >= 11 is 0. The smallest absolute Gasteiger partial charge is 0.00450 e. The van der Waals surface area contributed by atoms with Gasteiger partial charge in [-0.3, -0.25) is 0 Å². The van der Waals surface area contributed by atoms with Crippen molar-refractivity contribution in [1.29, 1.82) is 0 Å². The maximum Gasteiger partial charge on any atom is -0.00450 e. The molecule has 16 heavy (non-hydrogen) atoms. The average Bonchev–Trinajstić information content (AvgIpc) is 2.82. The quantitative estimate of drug-likeness (QED) is 0.525. The number of hydrogen-bond donors (Lipinski definition) is 0. The van der Waals surface area contributed by atoms with Crippen LogP contribution in [0, 0.1) is 23.2 Å². The van der Waals surface area contributed by atoms with Crippen LogP contribution in [0.4, 0.5) is 0 Å². The molecule has 4 unspecified atom stereocenters. The lowest BCUT2D eigenvalue weighted by Crippen LogP contribution is -2.04. The summed E-state index contributed by atoms with van der Waals surface area (Å²) in [6.07, 6.45) is 7.87. The Kier molecular flexibility index (Phi) is 4.64. The highest BCUT2D eigenvalue weighted by molar-refractivity contribution is 5.38. The molecular formula is C16H30. The molecule has 0 bridgehead atoms. The zero-order valence-electron chi connectivity index (χ0n) is 12.1. The van der Waals surface area contributed by atoms with E-state index in [1.165, 1.54) is 25.7 Å². The Labute approximate surface area is 103 Å². The van der Waals surface area contributed by atoms with Gasteiger partial charge in [0.2, 0.25) is 0 Å². The maximum atomic E-state index is 2.58. The summed E-state index contributed by atoms with van der Waals surface area (Å²) in [5, 5.41) is 0. The van der Waals surface area contributed by atoms with E-state index in [4.69, 9.17) is 0 Å². The molecule has 0 heterocycles. The molecule has 0 heteroatoms. The molecule has 0 aromatic rings. The van der Waals surface area contributed by atoms with Gasteiger partial charge in [0.1, 0.15) is 0 Å². The third-order valence-electron chi connectivity index (χ3n) is 4.69. The molecule has 0 aromatic carbocycles. The van der Waals surface area contributed by atoms with Gasteiger partial charge in [0.05, 0.1) is 0 Å². The monoisotopic (exact) mass is 222 g/mol. The molecule has 0 N–H and O–H groups in total. The molecule has 0 spiro atoms. The third-order valence-corrected chi connectivity index (χ3v) is 4.69. The van der Waals surface area contributed by atoms with Crippen LogP contribution in [0.2, 0.25) is 0 Å². The fourth-order valence-electron chi connectivity index (χ4n) is 3.25. The fraction of sp³-hybridized carbons (Fsp3) is 0.875. The summed E-state index contributed by atoms with van der Waals surface area (Å²) < 4.78 is 0. The van der Waals surface area contributed by atoms with Crippen LogP contribution in [0.3, 0.4) is 0 Å². The Balaban J connectivity index is 2.79. The first-order chi connectivity index (χ1) is 7.51. The van der Waals surface area contributed by atoms with E-state index in [0.717, 1.165) is 17.8 Å². The average molecular weight is 222 g/mol. The van der Waals surface area contributed by atoms with Crippen molar-refractivity contribution < 1.29 is 0 Å². The van der Waals surface area contributed by atoms with Crippen LogP contribution >= 0.6 is 0 Å². The number of allylic oxidation sites excluding steroid dienone is 2. The minimum Gasteiger partial charge on any atom is -0.0816 e. The second kappa shape index (κ2) is 5.38. The molecule has 0 aliphatic heterocycles. The van der Waals surface area contributed by atoms with Crippen molar-refractivity contribution >= 4 is 0 Å². The van der Waals surface area contributed by atoms with Crippen molar-refractivity contribution in [3.8, 4) is 0 Å². The van der Waals surface area contributed by atoms with Gasteiger partial charge in [-0.15, -0.1) is 0 Å². The molecule has 0 radical (unpaired) electrons. The molecular weight excluding hydrogens is 192 g/mol. The van der Waals surface area contributed by atoms with Gasteiger partial charge in [0.15, 0.2) is 0 Å². The summed E-state index contributed by atoms with van der Waals surface area (Å²) in [7, 11) is 0. The molecule has 0 amide bonds. The maximum absolute atomic E-state index is 2.58. The Hall–Kier alpha value is -0.260. The fourth-order valence-corrected chi connectivity index (χ4v) is 3.25. The van der Waals surface area contributed by atoms with Gasteiger partial charge in [-0.25, -0.2) is 0 Å². The van der Waals surface area contributed by atoms with Gasteiger partial charge in [-0.1, -0.05) is 72.5 Å². The van der Waals surface area contributed by atoms with Gasteiger partial charge < -0.3 is 0 Å². The van der Waals surface area contributed by atoms with E-state index in [-0.39, 0.29) is 0 Å². The van der Waals surface area contributed by atoms with Crippen LogP contribution in [-0.4, -0.2) is 0 Å². The highest BCUT2D eigenvalue weighted by Gasteiger charge is 2.56. The SMILES string of the molecule is CCCC1(C)C(=CC(C)CC)C1C(C)CC. The molecule has 0 nitrogen and oxygen atoms in total. The molecule has 94 valence electrons. The molecule has 1 aliphatic carbocycles. The van der Waals surface area contributed by atoms with Crippen LogP contribution < -0.4 is 0 Å². The number of hydrogen-bond acceptors (Lipinski definition) is 0. The van der Waals surface area contributed by atoms with Gasteiger partial charge in [0.25, 0.3) is 0 Å². The van der Waals surface area contributed by atoms with E-state index in [9.17, 15) is 0 Å². The first-order valence-corrected chi connectivity index (χ1v) is 7.23. The van der Waals surface area contributed by atoms with E-state index >= 15 is 0 Å². The van der Waals surface area contributed by atoms with Crippen LogP contribution in [-0.2, 0) is 0 Å². The molecule has 1 fully saturated rings. The Bertz CT molecular complexity index is 251. The van der Waals surface area contributed by atoms with Crippen molar-refractivity contribution in [2.75, 3.05) is 0 Å². The van der Waals surface area contributed by atoms with Gasteiger partial charge in [-0.05, 0) is 29.6 Å². The minimum absolute atomic E-state index is 0.549. The topological polar surface area (TPSA) is 0 Å². The predicted octanol–water partition coefficient (Wildman–Crippen LogP) is 5.44. The number of rotatable bonds is 6. The van der Waals surface area contributed by atoms with Gasteiger partial charge in [0, 0.05) is 0 Å². The lowest BCUT2D eigenvalue weighted by atomic mass is 9.92. The minimum atomic E-state index is 0.549. The van der Waals surface area contributed by atoms with Crippen LogP contribution in [0.5, 0.6) is 0 Å². The van der Waals surface area contributed by atoms with Crippen molar-refractivity contribution in [2.45, 2.75) is 67.2 Å². The normalized spacial score (nSPS) is 35.1. The van der Waals surface area contributed by atoms with Crippen molar-refractivity contribution in [2.24, 2.45) is 23.2 Å². The summed E-state index contributed by atoms with van der Waals surface area (Å²) in [5.41, 5.74) is 2.33. The molecule has 1 saturated carbocycles. The summed E-state index contributed by atoms with van der Waals surface area (Å²) in [4.78, 5) is 0. The Morgan fingerprint density at radius 1 is 1.19 bits per heavy atom. The molecule has 1 rings (SSSR count). The summed E-state index contributed by atoms with van der Waals surface area (Å²) in [6, 6.07) is 0. The zero-order chi connectivity index (χ0) is 12.3. The Morgan fingerprint density at radius 2 is 1.81 bits per heavy atom. The van der Waals surface area contributed by atoms with Crippen LogP contribution in [0.15, 0.2) is 11.6 Å². The van der Waals surface area contributed by atoms with E-state index in [0.29, 0.717) is 5.41 Å². The summed E-state index contributed by atoms with van der Waals surface area (Å²) in [5.74, 6) is 2.51. The van der Waals surface area contributed by atoms with Gasteiger partial charge in [-0.2, -0.15) is 0 Å². The lowest BCUT2D eigenvalue weighted by molar-refractivity contribution is 0.370.